The summed E-state index contributed by atoms with van der Waals surface area (Å²) in [6.07, 6.45) is 0. The van der Waals surface area contributed by atoms with Crippen molar-refractivity contribution in [3.8, 4) is 5.75 Å². The Morgan fingerprint density at radius 3 is 2.35 bits per heavy atom. The molecule has 1 N–H and O–H groups in total. The fourth-order valence-electron chi connectivity index (χ4n) is 4.28. The topological polar surface area (TPSA) is 87.7 Å². The molecule has 1 aromatic heterocycles. The Hall–Kier alpha value is -3.94. The minimum Gasteiger partial charge on any atom is -0.497 e. The molecule has 1 aliphatic heterocycles. The Morgan fingerprint density at radius 1 is 1.00 bits per heavy atom. The Kier molecular flexibility index (Phi) is 6.77. The van der Waals surface area contributed by atoms with Gasteiger partial charge in [-0.2, -0.15) is 0 Å². The highest BCUT2D eigenvalue weighted by Crippen LogP contribution is 2.28. The number of anilines is 2. The van der Waals surface area contributed by atoms with Crippen molar-refractivity contribution >= 4 is 23.5 Å². The van der Waals surface area contributed by atoms with Crippen LogP contribution in [0.25, 0.3) is 0 Å². The number of piperazine rings is 1. The predicted octanol–water partition coefficient (Wildman–Crippen LogP) is 3.89. The van der Waals surface area contributed by atoms with E-state index in [-0.39, 0.29) is 17.9 Å². The third-order valence-corrected chi connectivity index (χ3v) is 5.92. The summed E-state index contributed by atoms with van der Waals surface area (Å²) in [7, 11) is 1.62. The Morgan fingerprint density at radius 2 is 1.71 bits per heavy atom. The van der Waals surface area contributed by atoms with Gasteiger partial charge < -0.3 is 19.9 Å². The van der Waals surface area contributed by atoms with Crippen molar-refractivity contribution < 1.29 is 14.3 Å². The molecule has 176 valence electrons. The van der Waals surface area contributed by atoms with Crippen molar-refractivity contribution in [2.24, 2.45) is 0 Å². The fraction of sp³-hybridized carbons (Fsp3) is 0.308. The lowest BCUT2D eigenvalue weighted by molar-refractivity contribution is -0.133. The molecule has 1 aliphatic rings. The Bertz CT molecular complexity index is 1180. The molecular formula is C26H29N5O3. The molecule has 0 radical (unpaired) electrons. The number of carbonyl (C=O) groups excluding carboxylic acids is 2. The van der Waals surface area contributed by atoms with E-state index in [0.29, 0.717) is 31.1 Å². The van der Waals surface area contributed by atoms with Gasteiger partial charge >= 0.3 is 0 Å². The van der Waals surface area contributed by atoms with Gasteiger partial charge in [0.2, 0.25) is 11.9 Å². The zero-order chi connectivity index (χ0) is 24.2. The van der Waals surface area contributed by atoms with Gasteiger partial charge in [-0.15, -0.1) is 0 Å². The molecule has 2 heterocycles. The van der Waals surface area contributed by atoms with Crippen LogP contribution >= 0.6 is 0 Å². The largest absolute Gasteiger partial charge is 0.497 e. The number of ether oxygens (including phenoxy) is 1. The number of nitrogens with zero attached hydrogens (tertiary/aromatic N) is 4. The van der Waals surface area contributed by atoms with Gasteiger partial charge in [0.1, 0.15) is 5.75 Å². The number of benzene rings is 2. The van der Waals surface area contributed by atoms with Crippen LogP contribution in [-0.4, -0.2) is 58.3 Å². The van der Waals surface area contributed by atoms with E-state index in [2.05, 4.69) is 15.3 Å². The van der Waals surface area contributed by atoms with Gasteiger partial charge in [-0.25, -0.2) is 9.97 Å². The van der Waals surface area contributed by atoms with Crippen molar-refractivity contribution in [1.82, 2.24) is 19.8 Å². The maximum atomic E-state index is 13.4. The number of rotatable bonds is 5. The van der Waals surface area contributed by atoms with Crippen molar-refractivity contribution in [1.29, 1.82) is 0 Å². The summed E-state index contributed by atoms with van der Waals surface area (Å²) in [5.41, 5.74) is 4.02. The van der Waals surface area contributed by atoms with E-state index in [1.54, 1.807) is 25.0 Å². The SMILES string of the molecule is COc1ccc([C@H]2CN(C(=O)c3cccc(Nc4nc(C)cc(C)n4)c3)CCN2C(C)=O)cc1. The van der Waals surface area contributed by atoms with Crippen molar-refractivity contribution in [2.75, 3.05) is 32.1 Å². The van der Waals surface area contributed by atoms with Crippen molar-refractivity contribution in [3.05, 3.63) is 77.1 Å². The molecule has 0 aliphatic carbocycles. The number of methoxy groups -OCH3 is 1. The van der Waals surface area contributed by atoms with Gasteiger partial charge in [0, 0.05) is 49.2 Å². The van der Waals surface area contributed by atoms with Gasteiger partial charge in [-0.05, 0) is 55.8 Å². The lowest BCUT2D eigenvalue weighted by atomic mass is 10.0. The first-order valence-corrected chi connectivity index (χ1v) is 11.2. The summed E-state index contributed by atoms with van der Waals surface area (Å²) in [6.45, 7) is 6.77. The average Bonchev–Trinajstić information content (AvgIpc) is 2.82. The van der Waals surface area contributed by atoms with Crippen molar-refractivity contribution in [2.45, 2.75) is 26.8 Å². The van der Waals surface area contributed by atoms with Crippen LogP contribution in [0.1, 0.15) is 40.3 Å². The number of aromatic nitrogens is 2. The Balaban J connectivity index is 1.54. The highest BCUT2D eigenvalue weighted by Gasteiger charge is 2.32. The first kappa shape index (κ1) is 23.2. The van der Waals surface area contributed by atoms with Crippen LogP contribution in [0.2, 0.25) is 0 Å². The van der Waals surface area contributed by atoms with Gasteiger partial charge in [0.25, 0.3) is 5.91 Å². The number of nitrogens with one attached hydrogen (secondary N) is 1. The molecule has 2 aromatic carbocycles. The standard InChI is InChI=1S/C26H29N5O3/c1-17-14-18(2)28-26(27-17)29-22-7-5-6-21(15-22)25(33)30-12-13-31(19(3)32)24(16-30)20-8-10-23(34-4)11-9-20/h5-11,14-15,24H,12-13,16H2,1-4H3,(H,27,28,29)/t24-/m1/s1. The zero-order valence-electron chi connectivity index (χ0n) is 19.9. The molecule has 1 atom stereocenters. The fourth-order valence-corrected chi connectivity index (χ4v) is 4.28. The number of hydrogen-bond donors (Lipinski definition) is 1. The maximum absolute atomic E-state index is 13.4. The highest BCUT2D eigenvalue weighted by molar-refractivity contribution is 5.95. The van der Waals surface area contributed by atoms with E-state index in [0.717, 1.165) is 28.4 Å². The average molecular weight is 460 g/mol. The summed E-state index contributed by atoms with van der Waals surface area (Å²) >= 11 is 0. The molecule has 34 heavy (non-hydrogen) atoms. The van der Waals surface area contributed by atoms with E-state index in [1.807, 2.05) is 67.3 Å². The van der Waals surface area contributed by atoms with E-state index >= 15 is 0 Å². The molecule has 0 spiro atoms. The first-order chi connectivity index (χ1) is 16.3. The summed E-state index contributed by atoms with van der Waals surface area (Å²) in [5, 5.41) is 3.19. The van der Waals surface area contributed by atoms with Gasteiger partial charge in [-0.3, -0.25) is 9.59 Å². The van der Waals surface area contributed by atoms with Gasteiger partial charge in [-0.1, -0.05) is 18.2 Å². The molecule has 0 unspecified atom stereocenters. The van der Waals surface area contributed by atoms with Crippen LogP contribution in [0.4, 0.5) is 11.6 Å². The second-order valence-electron chi connectivity index (χ2n) is 8.43. The molecule has 4 rings (SSSR count). The third kappa shape index (κ3) is 5.17. The second kappa shape index (κ2) is 9.91. The minimum absolute atomic E-state index is 0.00689. The van der Waals surface area contributed by atoms with Crippen LogP contribution in [0, 0.1) is 13.8 Å². The van der Waals surface area contributed by atoms with Gasteiger partial charge in [0.15, 0.2) is 0 Å². The van der Waals surface area contributed by atoms with Gasteiger partial charge in [0.05, 0.1) is 13.2 Å². The van der Waals surface area contributed by atoms with Crippen molar-refractivity contribution in [3.63, 3.8) is 0 Å². The molecule has 3 aromatic rings. The minimum atomic E-state index is -0.217. The maximum Gasteiger partial charge on any atom is 0.254 e. The molecule has 8 nitrogen and oxygen atoms in total. The summed E-state index contributed by atoms with van der Waals surface area (Å²) in [5.74, 6) is 1.16. The third-order valence-electron chi connectivity index (χ3n) is 5.92. The molecule has 8 heteroatoms. The summed E-state index contributed by atoms with van der Waals surface area (Å²) in [4.78, 5) is 38.2. The normalized spacial score (nSPS) is 15.7. The summed E-state index contributed by atoms with van der Waals surface area (Å²) < 4.78 is 5.25. The monoisotopic (exact) mass is 459 g/mol. The second-order valence-corrected chi connectivity index (χ2v) is 8.43. The zero-order valence-corrected chi connectivity index (χ0v) is 19.9. The summed E-state index contributed by atoms with van der Waals surface area (Å²) in [6, 6.07) is 16.7. The molecular weight excluding hydrogens is 430 g/mol. The van der Waals surface area contributed by atoms with E-state index in [9.17, 15) is 9.59 Å². The number of amides is 2. The van der Waals surface area contributed by atoms with Crippen LogP contribution < -0.4 is 10.1 Å². The molecule has 2 amide bonds. The van der Waals surface area contributed by atoms with Crippen LogP contribution in [0.3, 0.4) is 0 Å². The number of carbonyl (C=O) groups is 2. The smallest absolute Gasteiger partial charge is 0.254 e. The molecule has 1 fully saturated rings. The first-order valence-electron chi connectivity index (χ1n) is 11.2. The van der Waals surface area contributed by atoms with E-state index < -0.39 is 0 Å². The lowest BCUT2D eigenvalue weighted by Gasteiger charge is -2.41. The predicted molar refractivity (Wildman–Crippen MR) is 130 cm³/mol. The molecule has 1 saturated heterocycles. The van der Waals surface area contributed by atoms with E-state index in [1.165, 1.54) is 0 Å². The Labute approximate surface area is 199 Å². The van der Waals surface area contributed by atoms with Crippen LogP contribution in [-0.2, 0) is 4.79 Å². The number of aryl methyl sites for hydroxylation is 2. The van der Waals surface area contributed by atoms with Crippen LogP contribution in [0.5, 0.6) is 5.75 Å². The van der Waals surface area contributed by atoms with Crippen LogP contribution in [0.15, 0.2) is 54.6 Å². The highest BCUT2D eigenvalue weighted by atomic mass is 16.5. The molecule has 0 saturated carbocycles. The quantitative estimate of drug-likeness (QED) is 0.623. The lowest BCUT2D eigenvalue weighted by Crippen LogP contribution is -2.51. The molecule has 0 bridgehead atoms. The van der Waals surface area contributed by atoms with E-state index in [4.69, 9.17) is 4.74 Å². The number of hydrogen-bond acceptors (Lipinski definition) is 6.